The Balaban J connectivity index is 4.34. The quantitative estimate of drug-likeness (QED) is 0.445. The molecule has 0 fully saturated rings. The molecule has 0 spiro atoms. The molecule has 5 heteroatoms. The molecule has 0 rings (SSSR count). The largest absolute Gasteiger partial charge is 0.478 e. The lowest BCUT2D eigenvalue weighted by Gasteiger charge is -2.01. The van der Waals surface area contributed by atoms with Crippen LogP contribution >= 0.6 is 0 Å². The molecular formula is C7H10O5. The average Bonchev–Trinajstić information content (AvgIpc) is 2.00. The van der Waals surface area contributed by atoms with E-state index in [1.807, 2.05) is 0 Å². The minimum atomic E-state index is -1.29. The van der Waals surface area contributed by atoms with Gasteiger partial charge in [-0.2, -0.15) is 0 Å². The topological polar surface area (TPSA) is 83.8 Å². The molecule has 0 saturated carbocycles. The molecule has 0 aliphatic rings. The Bertz CT molecular complexity index is 206. The number of hydrogen-bond acceptors (Lipinski definition) is 4. The standard InChI is InChI=1S/C7H10O5/c1-2-12-7(11)5(4-8)3-6(9)10/h3,8H,2,4H2,1H3,(H,9,10). The second-order valence-corrected chi connectivity index (χ2v) is 1.89. The molecule has 12 heavy (non-hydrogen) atoms. The Morgan fingerprint density at radius 2 is 2.08 bits per heavy atom. The highest BCUT2D eigenvalue weighted by atomic mass is 16.5. The van der Waals surface area contributed by atoms with Gasteiger partial charge >= 0.3 is 11.9 Å². The van der Waals surface area contributed by atoms with E-state index in [0.29, 0.717) is 6.08 Å². The monoisotopic (exact) mass is 174 g/mol. The fourth-order valence-electron chi connectivity index (χ4n) is 0.542. The summed E-state index contributed by atoms with van der Waals surface area (Å²) in [5.74, 6) is -2.09. The molecule has 0 aromatic carbocycles. The fraction of sp³-hybridized carbons (Fsp3) is 0.429. The van der Waals surface area contributed by atoms with Crippen LogP contribution in [0.1, 0.15) is 6.92 Å². The SMILES string of the molecule is CCOC(=O)C(=CC(=O)O)CO. The first kappa shape index (κ1) is 10.6. The summed E-state index contributed by atoms with van der Waals surface area (Å²) in [6.07, 6.45) is 0.623. The molecule has 0 aliphatic carbocycles. The number of carbonyl (C=O) groups is 2. The van der Waals surface area contributed by atoms with Crippen LogP contribution in [0.5, 0.6) is 0 Å². The van der Waals surface area contributed by atoms with Crippen molar-refractivity contribution >= 4 is 11.9 Å². The molecule has 0 unspecified atom stereocenters. The summed E-state index contributed by atoms with van der Waals surface area (Å²) in [6, 6.07) is 0. The summed E-state index contributed by atoms with van der Waals surface area (Å²) in [5.41, 5.74) is -0.260. The lowest BCUT2D eigenvalue weighted by Crippen LogP contribution is -2.12. The third-order valence-corrected chi connectivity index (χ3v) is 1.01. The van der Waals surface area contributed by atoms with Gasteiger partial charge in [0.15, 0.2) is 0 Å². The van der Waals surface area contributed by atoms with Gasteiger partial charge in [-0.05, 0) is 6.92 Å². The van der Waals surface area contributed by atoms with Gasteiger partial charge in [-0.1, -0.05) is 0 Å². The highest BCUT2D eigenvalue weighted by Crippen LogP contribution is 1.96. The summed E-state index contributed by atoms with van der Waals surface area (Å²) in [7, 11) is 0. The zero-order chi connectivity index (χ0) is 9.56. The van der Waals surface area contributed by atoms with Crippen molar-refractivity contribution in [1.82, 2.24) is 0 Å². The van der Waals surface area contributed by atoms with Gasteiger partial charge in [-0.3, -0.25) is 0 Å². The van der Waals surface area contributed by atoms with Crippen molar-refractivity contribution in [1.29, 1.82) is 0 Å². The van der Waals surface area contributed by atoms with Crippen molar-refractivity contribution < 1.29 is 24.5 Å². The molecule has 0 aromatic heterocycles. The molecule has 0 heterocycles. The first-order valence-electron chi connectivity index (χ1n) is 3.33. The molecule has 0 aromatic rings. The van der Waals surface area contributed by atoms with Crippen molar-refractivity contribution in [3.63, 3.8) is 0 Å². The normalized spacial score (nSPS) is 11.0. The number of esters is 1. The number of aliphatic hydroxyl groups excluding tert-OH is 1. The van der Waals surface area contributed by atoms with E-state index in [2.05, 4.69) is 4.74 Å². The van der Waals surface area contributed by atoms with Crippen LogP contribution in [0.4, 0.5) is 0 Å². The Morgan fingerprint density at radius 3 is 2.42 bits per heavy atom. The Labute approximate surface area is 69.3 Å². The van der Waals surface area contributed by atoms with Crippen molar-refractivity contribution in [2.24, 2.45) is 0 Å². The molecule has 0 radical (unpaired) electrons. The van der Waals surface area contributed by atoms with E-state index in [1.165, 1.54) is 0 Å². The molecule has 5 nitrogen and oxygen atoms in total. The smallest absolute Gasteiger partial charge is 0.336 e. The van der Waals surface area contributed by atoms with Gasteiger partial charge in [-0.25, -0.2) is 9.59 Å². The molecule has 0 atom stereocenters. The van der Waals surface area contributed by atoms with E-state index >= 15 is 0 Å². The van der Waals surface area contributed by atoms with Crippen LogP contribution < -0.4 is 0 Å². The van der Waals surface area contributed by atoms with Gasteiger partial charge in [0.05, 0.1) is 18.8 Å². The van der Waals surface area contributed by atoms with E-state index in [1.54, 1.807) is 6.92 Å². The minimum Gasteiger partial charge on any atom is -0.478 e. The third-order valence-electron chi connectivity index (χ3n) is 1.01. The molecule has 0 amide bonds. The van der Waals surface area contributed by atoms with Crippen LogP contribution in [0.2, 0.25) is 0 Å². The van der Waals surface area contributed by atoms with Crippen molar-refractivity contribution in [2.45, 2.75) is 6.92 Å². The summed E-state index contributed by atoms with van der Waals surface area (Å²) in [4.78, 5) is 20.9. The molecule has 0 aliphatic heterocycles. The third kappa shape index (κ3) is 3.72. The van der Waals surface area contributed by atoms with Crippen molar-refractivity contribution in [3.05, 3.63) is 11.6 Å². The van der Waals surface area contributed by atoms with Crippen molar-refractivity contribution in [2.75, 3.05) is 13.2 Å². The zero-order valence-electron chi connectivity index (χ0n) is 6.61. The number of hydrogen-bond donors (Lipinski definition) is 2. The van der Waals surface area contributed by atoms with Gasteiger partial charge in [0.2, 0.25) is 0 Å². The number of carbonyl (C=O) groups excluding carboxylic acids is 1. The van der Waals surface area contributed by atoms with E-state index in [-0.39, 0.29) is 12.2 Å². The maximum Gasteiger partial charge on any atom is 0.336 e. The van der Waals surface area contributed by atoms with E-state index in [0.717, 1.165) is 0 Å². The lowest BCUT2D eigenvalue weighted by atomic mass is 10.2. The average molecular weight is 174 g/mol. The van der Waals surface area contributed by atoms with Crippen LogP contribution in [0.3, 0.4) is 0 Å². The Kier molecular flexibility index (Phi) is 4.71. The zero-order valence-corrected chi connectivity index (χ0v) is 6.61. The Morgan fingerprint density at radius 1 is 1.50 bits per heavy atom. The molecule has 0 saturated heterocycles. The minimum absolute atomic E-state index is 0.149. The molecular weight excluding hydrogens is 164 g/mol. The molecule has 2 N–H and O–H groups in total. The van der Waals surface area contributed by atoms with E-state index in [4.69, 9.17) is 10.2 Å². The number of rotatable bonds is 4. The van der Waals surface area contributed by atoms with E-state index in [9.17, 15) is 9.59 Å². The van der Waals surface area contributed by atoms with Crippen LogP contribution in [-0.4, -0.2) is 35.4 Å². The van der Waals surface area contributed by atoms with Gasteiger partial charge < -0.3 is 14.9 Å². The summed E-state index contributed by atoms with van der Waals surface area (Å²) >= 11 is 0. The fourth-order valence-corrected chi connectivity index (χ4v) is 0.542. The first-order chi connectivity index (χ1) is 5.61. The second-order valence-electron chi connectivity index (χ2n) is 1.89. The summed E-state index contributed by atoms with van der Waals surface area (Å²) in [5, 5.41) is 16.8. The van der Waals surface area contributed by atoms with Gasteiger partial charge in [0.1, 0.15) is 0 Å². The van der Waals surface area contributed by atoms with Crippen molar-refractivity contribution in [3.8, 4) is 0 Å². The van der Waals surface area contributed by atoms with Crippen LogP contribution in [0.25, 0.3) is 0 Å². The highest BCUT2D eigenvalue weighted by molar-refractivity contribution is 5.95. The maximum atomic E-state index is 10.8. The van der Waals surface area contributed by atoms with Gasteiger partial charge in [0, 0.05) is 6.08 Å². The second kappa shape index (κ2) is 5.31. The van der Waals surface area contributed by atoms with Crippen LogP contribution in [0.15, 0.2) is 11.6 Å². The number of aliphatic carboxylic acids is 1. The Hall–Kier alpha value is -1.36. The lowest BCUT2D eigenvalue weighted by molar-refractivity contribution is -0.140. The predicted octanol–water partition coefficient (Wildman–Crippen LogP) is -0.447. The molecule has 0 bridgehead atoms. The number of carboxylic acid groups (broad SMARTS) is 1. The van der Waals surface area contributed by atoms with E-state index < -0.39 is 18.5 Å². The van der Waals surface area contributed by atoms with Crippen LogP contribution in [0, 0.1) is 0 Å². The van der Waals surface area contributed by atoms with Crippen LogP contribution in [-0.2, 0) is 14.3 Å². The predicted molar refractivity (Wildman–Crippen MR) is 39.4 cm³/mol. The summed E-state index contributed by atoms with van der Waals surface area (Å²) in [6.45, 7) is 1.11. The number of carboxylic acids is 1. The maximum absolute atomic E-state index is 10.8. The highest BCUT2D eigenvalue weighted by Gasteiger charge is 2.10. The number of aliphatic hydroxyl groups is 1. The molecule has 68 valence electrons. The van der Waals surface area contributed by atoms with Gasteiger partial charge in [0.25, 0.3) is 0 Å². The number of ether oxygens (including phenoxy) is 1. The summed E-state index contributed by atoms with van der Waals surface area (Å²) < 4.78 is 4.47. The van der Waals surface area contributed by atoms with Gasteiger partial charge in [-0.15, -0.1) is 0 Å². The first-order valence-corrected chi connectivity index (χ1v) is 3.33.